The predicted molar refractivity (Wildman–Crippen MR) is 103 cm³/mol. The quantitative estimate of drug-likeness (QED) is 0.408. The highest BCUT2D eigenvalue weighted by Crippen LogP contribution is 2.13. The minimum Gasteiger partial charge on any atom is -0.381 e. The van der Waals surface area contributed by atoms with Gasteiger partial charge in [-0.2, -0.15) is 0 Å². The van der Waals surface area contributed by atoms with Gasteiger partial charge in [0.15, 0.2) is 0 Å². The molecule has 0 aliphatic rings. The summed E-state index contributed by atoms with van der Waals surface area (Å²) >= 11 is 0. The Hall–Kier alpha value is -3.67. The standard InChI is InChI=1S/C20H19N5O/c21-14-25-13-16(8-11-19(25)22)20(26)24-18-9-6-15(7-10-18)12-23-17-4-2-1-3-5-17/h1-11,13-14,21-23H,12H2,(H,24,26). The van der Waals surface area contributed by atoms with E-state index in [2.05, 4.69) is 10.6 Å². The van der Waals surface area contributed by atoms with Crippen LogP contribution < -0.4 is 16.1 Å². The Morgan fingerprint density at radius 1 is 0.962 bits per heavy atom. The number of aromatic nitrogens is 1. The van der Waals surface area contributed by atoms with E-state index in [1.165, 1.54) is 16.8 Å². The van der Waals surface area contributed by atoms with Gasteiger partial charge in [-0.1, -0.05) is 30.3 Å². The number of carbonyl (C=O) groups excluding carboxylic acids is 1. The topological polar surface area (TPSA) is 93.8 Å². The van der Waals surface area contributed by atoms with Crippen molar-refractivity contribution in [1.29, 1.82) is 10.8 Å². The van der Waals surface area contributed by atoms with Gasteiger partial charge in [-0.15, -0.1) is 0 Å². The first-order valence-electron chi connectivity index (χ1n) is 8.12. The Bertz CT molecular complexity index is 961. The molecule has 4 N–H and O–H groups in total. The summed E-state index contributed by atoms with van der Waals surface area (Å²) in [5, 5.41) is 21.0. The third kappa shape index (κ3) is 4.24. The molecule has 0 radical (unpaired) electrons. The second-order valence-corrected chi connectivity index (χ2v) is 5.71. The summed E-state index contributed by atoms with van der Waals surface area (Å²) in [7, 11) is 0. The predicted octanol–water partition coefficient (Wildman–Crippen LogP) is 3.29. The van der Waals surface area contributed by atoms with Crippen molar-refractivity contribution in [3.8, 4) is 0 Å². The smallest absolute Gasteiger partial charge is 0.257 e. The fourth-order valence-electron chi connectivity index (χ4n) is 2.43. The first-order valence-corrected chi connectivity index (χ1v) is 8.12. The summed E-state index contributed by atoms with van der Waals surface area (Å²) in [6.07, 6.45) is 2.45. The molecule has 0 atom stereocenters. The monoisotopic (exact) mass is 345 g/mol. The molecule has 3 rings (SSSR count). The molecule has 0 saturated heterocycles. The Morgan fingerprint density at radius 3 is 2.38 bits per heavy atom. The first kappa shape index (κ1) is 17.2. The minimum atomic E-state index is -0.282. The second-order valence-electron chi connectivity index (χ2n) is 5.71. The number of para-hydroxylation sites is 1. The van der Waals surface area contributed by atoms with E-state index in [9.17, 15) is 4.79 Å². The fraction of sp³-hybridized carbons (Fsp3) is 0.0500. The number of amides is 1. The number of carbonyl (C=O) groups is 1. The van der Waals surface area contributed by atoms with Crippen LogP contribution in [0.25, 0.3) is 0 Å². The van der Waals surface area contributed by atoms with E-state index in [-0.39, 0.29) is 11.4 Å². The lowest BCUT2D eigenvalue weighted by atomic mass is 10.2. The molecular formula is C20H19N5O. The maximum atomic E-state index is 12.3. The molecule has 0 aliphatic heterocycles. The Balaban J connectivity index is 1.62. The lowest BCUT2D eigenvalue weighted by molar-refractivity contribution is 0.102. The average molecular weight is 345 g/mol. The van der Waals surface area contributed by atoms with Gasteiger partial charge in [0.05, 0.1) is 11.9 Å². The Labute approximate surface area is 151 Å². The zero-order chi connectivity index (χ0) is 18.4. The molecule has 2 aromatic carbocycles. The van der Waals surface area contributed by atoms with Gasteiger partial charge in [0, 0.05) is 24.1 Å². The van der Waals surface area contributed by atoms with E-state index in [0.717, 1.165) is 17.6 Å². The molecule has 6 nitrogen and oxygen atoms in total. The van der Waals surface area contributed by atoms with Crippen molar-refractivity contribution in [1.82, 2.24) is 4.57 Å². The first-order chi connectivity index (χ1) is 12.7. The van der Waals surface area contributed by atoms with Crippen molar-refractivity contribution in [3.63, 3.8) is 0 Å². The number of benzene rings is 2. The molecule has 0 fully saturated rings. The zero-order valence-electron chi connectivity index (χ0n) is 14.1. The molecule has 0 spiro atoms. The number of anilines is 2. The maximum absolute atomic E-state index is 12.3. The molecule has 1 heterocycles. The lowest BCUT2D eigenvalue weighted by Gasteiger charge is -2.09. The number of pyridine rings is 1. The summed E-state index contributed by atoms with van der Waals surface area (Å²) in [4.78, 5) is 12.3. The Kier molecular flexibility index (Phi) is 5.24. The Morgan fingerprint density at radius 2 is 1.69 bits per heavy atom. The van der Waals surface area contributed by atoms with Crippen molar-refractivity contribution in [2.45, 2.75) is 6.54 Å². The van der Waals surface area contributed by atoms with Crippen molar-refractivity contribution < 1.29 is 4.79 Å². The SMILES string of the molecule is N=Cn1cc(C(=O)Nc2ccc(CNc3ccccc3)cc2)ccc1=N. The molecule has 1 amide bonds. The van der Waals surface area contributed by atoms with Crippen LogP contribution >= 0.6 is 0 Å². The van der Waals surface area contributed by atoms with Crippen molar-refractivity contribution in [2.24, 2.45) is 0 Å². The van der Waals surface area contributed by atoms with E-state index >= 15 is 0 Å². The molecular weight excluding hydrogens is 326 g/mol. The van der Waals surface area contributed by atoms with Gasteiger partial charge in [0.25, 0.3) is 5.91 Å². The van der Waals surface area contributed by atoms with Crippen LogP contribution in [0.15, 0.2) is 72.9 Å². The molecule has 0 unspecified atom stereocenters. The van der Waals surface area contributed by atoms with E-state index in [1.54, 1.807) is 6.07 Å². The maximum Gasteiger partial charge on any atom is 0.257 e. The van der Waals surface area contributed by atoms with Crippen LogP contribution in [0.1, 0.15) is 15.9 Å². The fourth-order valence-corrected chi connectivity index (χ4v) is 2.43. The molecule has 0 bridgehead atoms. The van der Waals surface area contributed by atoms with Crippen LogP contribution in [0.2, 0.25) is 0 Å². The lowest BCUT2D eigenvalue weighted by Crippen LogP contribution is -2.21. The van der Waals surface area contributed by atoms with Gasteiger partial charge in [-0.05, 0) is 42.0 Å². The summed E-state index contributed by atoms with van der Waals surface area (Å²) < 4.78 is 1.27. The number of rotatable bonds is 6. The van der Waals surface area contributed by atoms with E-state index in [0.29, 0.717) is 17.8 Å². The number of nitrogens with zero attached hydrogens (tertiary/aromatic N) is 1. The molecule has 3 aromatic rings. The van der Waals surface area contributed by atoms with Crippen molar-refractivity contribution in [2.75, 3.05) is 10.6 Å². The van der Waals surface area contributed by atoms with E-state index < -0.39 is 0 Å². The number of hydrogen-bond donors (Lipinski definition) is 4. The normalized spacial score (nSPS) is 10.2. The number of nitrogens with one attached hydrogen (secondary N) is 4. The van der Waals surface area contributed by atoms with Gasteiger partial charge >= 0.3 is 0 Å². The zero-order valence-corrected chi connectivity index (χ0v) is 14.1. The summed E-state index contributed by atoms with van der Waals surface area (Å²) in [5.74, 6) is -0.282. The summed E-state index contributed by atoms with van der Waals surface area (Å²) in [6, 6.07) is 20.6. The van der Waals surface area contributed by atoms with E-state index in [1.807, 2.05) is 54.6 Å². The van der Waals surface area contributed by atoms with Crippen LogP contribution in [0, 0.1) is 10.8 Å². The molecule has 0 aliphatic carbocycles. The third-order valence-electron chi connectivity index (χ3n) is 3.86. The van der Waals surface area contributed by atoms with Crippen LogP contribution in [0.4, 0.5) is 11.4 Å². The highest BCUT2D eigenvalue weighted by atomic mass is 16.1. The van der Waals surface area contributed by atoms with Gasteiger partial charge in [0.2, 0.25) is 0 Å². The van der Waals surface area contributed by atoms with Crippen LogP contribution in [-0.2, 0) is 6.54 Å². The van der Waals surface area contributed by atoms with Crippen LogP contribution in [-0.4, -0.2) is 16.8 Å². The van der Waals surface area contributed by atoms with Gasteiger partial charge in [-0.25, -0.2) is 0 Å². The summed E-state index contributed by atoms with van der Waals surface area (Å²) in [5.41, 5.74) is 3.38. The molecule has 0 saturated carbocycles. The van der Waals surface area contributed by atoms with Gasteiger partial charge < -0.3 is 10.6 Å². The average Bonchev–Trinajstić information content (AvgIpc) is 2.68. The second kappa shape index (κ2) is 7.94. The van der Waals surface area contributed by atoms with Crippen LogP contribution in [0.5, 0.6) is 0 Å². The number of hydrogen-bond acceptors (Lipinski definition) is 4. The third-order valence-corrected chi connectivity index (χ3v) is 3.86. The molecule has 1 aromatic heterocycles. The molecule has 6 heteroatoms. The van der Waals surface area contributed by atoms with Crippen molar-refractivity contribution >= 4 is 23.6 Å². The van der Waals surface area contributed by atoms with Gasteiger partial charge in [0.1, 0.15) is 5.49 Å². The van der Waals surface area contributed by atoms with Gasteiger partial charge in [-0.3, -0.25) is 20.2 Å². The molecule has 130 valence electrons. The van der Waals surface area contributed by atoms with Crippen molar-refractivity contribution in [3.05, 3.63) is 89.5 Å². The van der Waals surface area contributed by atoms with Crippen LogP contribution in [0.3, 0.4) is 0 Å². The highest BCUT2D eigenvalue weighted by Gasteiger charge is 2.07. The summed E-state index contributed by atoms with van der Waals surface area (Å²) in [6.45, 7) is 0.697. The van der Waals surface area contributed by atoms with E-state index in [4.69, 9.17) is 10.8 Å². The molecule has 26 heavy (non-hydrogen) atoms. The largest absolute Gasteiger partial charge is 0.381 e. The highest BCUT2D eigenvalue weighted by molar-refractivity contribution is 6.04. The minimum absolute atomic E-state index is 0.145.